The van der Waals surface area contributed by atoms with Gasteiger partial charge in [0.25, 0.3) is 5.91 Å². The van der Waals surface area contributed by atoms with Crippen molar-refractivity contribution in [1.82, 2.24) is 10.0 Å². The van der Waals surface area contributed by atoms with E-state index in [1.54, 1.807) is 0 Å². The average Bonchev–Trinajstić information content (AvgIpc) is 2.75. The summed E-state index contributed by atoms with van der Waals surface area (Å²) in [4.78, 5) is 11.6. The molecule has 1 aliphatic heterocycles. The van der Waals surface area contributed by atoms with Crippen molar-refractivity contribution >= 4 is 15.9 Å². The van der Waals surface area contributed by atoms with Crippen LogP contribution >= 0.6 is 0 Å². The molecule has 10 heteroatoms. The first-order valence-corrected chi connectivity index (χ1v) is 11.4. The minimum absolute atomic E-state index is 0.292. The van der Waals surface area contributed by atoms with Gasteiger partial charge in [-0.1, -0.05) is 12.1 Å². The first kappa shape index (κ1) is 23.3. The van der Waals surface area contributed by atoms with Crippen LogP contribution in [0.1, 0.15) is 29.6 Å². The van der Waals surface area contributed by atoms with Crippen LogP contribution in [0.15, 0.2) is 53.4 Å². The van der Waals surface area contributed by atoms with E-state index in [1.807, 2.05) is 0 Å². The lowest BCUT2D eigenvalue weighted by atomic mass is 9.98. The number of aliphatic hydroxyl groups excluding tert-OH is 1. The molecule has 1 fully saturated rings. The summed E-state index contributed by atoms with van der Waals surface area (Å²) in [6.45, 7) is -0.118. The van der Waals surface area contributed by atoms with Crippen molar-refractivity contribution in [3.8, 4) is 0 Å². The molecule has 0 aliphatic carbocycles. The molecule has 3 atom stereocenters. The number of rotatable bonds is 8. The van der Waals surface area contributed by atoms with Gasteiger partial charge in [0.2, 0.25) is 10.0 Å². The molecule has 168 valence electrons. The summed E-state index contributed by atoms with van der Waals surface area (Å²) < 4.78 is 60.0. The molecule has 1 amide bonds. The number of carbonyl (C=O) groups excluding carboxylic acids is 1. The zero-order valence-electron chi connectivity index (χ0n) is 16.6. The van der Waals surface area contributed by atoms with Crippen LogP contribution in [-0.4, -0.2) is 50.8 Å². The van der Waals surface area contributed by atoms with Gasteiger partial charge in [-0.05, 0) is 55.7 Å². The molecule has 31 heavy (non-hydrogen) atoms. The zero-order valence-corrected chi connectivity index (χ0v) is 17.4. The Morgan fingerprint density at radius 3 is 2.48 bits per heavy atom. The summed E-state index contributed by atoms with van der Waals surface area (Å²) in [5.41, 5.74) is 0.335. The third-order valence-electron chi connectivity index (χ3n) is 5.09. The average molecular weight is 454 g/mol. The number of amides is 1. The molecule has 3 rings (SSSR count). The third kappa shape index (κ3) is 6.07. The van der Waals surface area contributed by atoms with Crippen LogP contribution in [0.5, 0.6) is 0 Å². The fourth-order valence-electron chi connectivity index (χ4n) is 3.45. The Bertz CT molecular complexity index is 1000. The number of hydrogen-bond acceptors (Lipinski definition) is 5. The summed E-state index contributed by atoms with van der Waals surface area (Å²) in [6.07, 6.45) is 0.243. The second kappa shape index (κ2) is 10.3. The number of sulfonamides is 1. The number of ether oxygens (including phenoxy) is 1. The van der Waals surface area contributed by atoms with Crippen molar-refractivity contribution in [3.63, 3.8) is 0 Å². The molecule has 3 N–H and O–H groups in total. The van der Waals surface area contributed by atoms with Crippen LogP contribution in [0, 0.1) is 11.6 Å². The Morgan fingerprint density at radius 1 is 1.10 bits per heavy atom. The number of aliphatic hydroxyl groups is 1. The van der Waals surface area contributed by atoms with Gasteiger partial charge < -0.3 is 15.2 Å². The number of carbonyl (C=O) groups is 1. The van der Waals surface area contributed by atoms with E-state index in [9.17, 15) is 27.1 Å². The predicted octanol–water partition coefficient (Wildman–Crippen LogP) is 1.97. The van der Waals surface area contributed by atoms with Crippen molar-refractivity contribution in [1.29, 1.82) is 0 Å². The van der Waals surface area contributed by atoms with E-state index in [1.165, 1.54) is 42.5 Å². The summed E-state index contributed by atoms with van der Waals surface area (Å²) in [6, 6.07) is 9.52. The van der Waals surface area contributed by atoms with Crippen LogP contribution < -0.4 is 10.0 Å². The lowest BCUT2D eigenvalue weighted by Crippen LogP contribution is -2.51. The molecule has 1 saturated heterocycles. The van der Waals surface area contributed by atoms with Gasteiger partial charge in [-0.2, -0.15) is 0 Å². The highest BCUT2D eigenvalue weighted by Gasteiger charge is 2.34. The fourth-order valence-corrected chi connectivity index (χ4v) is 4.83. The SMILES string of the molecule is O=C(NCC[C@H]1CC[C@H](NS(=O)(=O)c2ccccc2F)[C@@H](CO)O1)c1ccc(F)cc1. The highest BCUT2D eigenvalue weighted by atomic mass is 32.2. The van der Waals surface area contributed by atoms with Gasteiger partial charge in [0.1, 0.15) is 16.5 Å². The second-order valence-corrected chi connectivity index (χ2v) is 8.95. The van der Waals surface area contributed by atoms with Gasteiger partial charge in [-0.25, -0.2) is 21.9 Å². The van der Waals surface area contributed by atoms with Gasteiger partial charge >= 0.3 is 0 Å². The molecule has 0 radical (unpaired) electrons. The smallest absolute Gasteiger partial charge is 0.251 e. The minimum atomic E-state index is -4.11. The first-order chi connectivity index (χ1) is 14.8. The fraction of sp³-hybridized carbons (Fsp3) is 0.381. The summed E-state index contributed by atoms with van der Waals surface area (Å²) in [5.74, 6) is -1.63. The van der Waals surface area contributed by atoms with Crippen molar-refractivity contribution in [3.05, 3.63) is 65.7 Å². The highest BCUT2D eigenvalue weighted by Crippen LogP contribution is 2.24. The van der Waals surface area contributed by atoms with Crippen molar-refractivity contribution in [2.45, 2.75) is 42.4 Å². The Balaban J connectivity index is 1.51. The van der Waals surface area contributed by atoms with Crippen LogP contribution in [0.4, 0.5) is 8.78 Å². The van der Waals surface area contributed by atoms with Gasteiger partial charge in [0, 0.05) is 12.1 Å². The van der Waals surface area contributed by atoms with Crippen LogP contribution in [0.25, 0.3) is 0 Å². The quantitative estimate of drug-likeness (QED) is 0.566. The zero-order chi connectivity index (χ0) is 22.4. The van der Waals surface area contributed by atoms with E-state index in [-0.39, 0.29) is 12.0 Å². The van der Waals surface area contributed by atoms with Crippen LogP contribution in [-0.2, 0) is 14.8 Å². The molecule has 0 bridgehead atoms. The number of hydrogen-bond donors (Lipinski definition) is 3. The van der Waals surface area contributed by atoms with Gasteiger partial charge in [-0.3, -0.25) is 4.79 Å². The molecule has 7 nitrogen and oxygen atoms in total. The first-order valence-electron chi connectivity index (χ1n) is 9.87. The highest BCUT2D eigenvalue weighted by molar-refractivity contribution is 7.89. The maximum absolute atomic E-state index is 13.9. The van der Waals surface area contributed by atoms with E-state index in [2.05, 4.69) is 10.0 Å². The maximum atomic E-state index is 13.9. The lowest BCUT2D eigenvalue weighted by molar-refractivity contribution is -0.0871. The Morgan fingerprint density at radius 2 is 1.81 bits per heavy atom. The molecule has 1 aliphatic rings. The molecule has 0 unspecified atom stereocenters. The minimum Gasteiger partial charge on any atom is -0.394 e. The predicted molar refractivity (Wildman–Crippen MR) is 109 cm³/mol. The van der Waals surface area contributed by atoms with E-state index < -0.39 is 45.3 Å². The molecule has 2 aromatic carbocycles. The second-order valence-electron chi connectivity index (χ2n) is 7.27. The van der Waals surface area contributed by atoms with Gasteiger partial charge in [-0.15, -0.1) is 0 Å². The summed E-state index contributed by atoms with van der Waals surface area (Å²) in [7, 11) is -4.11. The van der Waals surface area contributed by atoms with Crippen molar-refractivity contribution in [2.24, 2.45) is 0 Å². The molecular weight excluding hydrogens is 430 g/mol. The molecule has 2 aromatic rings. The molecule has 1 heterocycles. The largest absolute Gasteiger partial charge is 0.394 e. The summed E-state index contributed by atoms with van der Waals surface area (Å²) >= 11 is 0. The van der Waals surface area contributed by atoms with E-state index in [4.69, 9.17) is 4.74 Å². The Hall–Kier alpha value is -2.40. The molecule has 0 saturated carbocycles. The van der Waals surface area contributed by atoms with Gasteiger partial charge in [0.15, 0.2) is 0 Å². The number of benzene rings is 2. The number of nitrogens with one attached hydrogen (secondary N) is 2. The monoisotopic (exact) mass is 454 g/mol. The van der Waals surface area contributed by atoms with Crippen molar-refractivity contribution in [2.75, 3.05) is 13.2 Å². The third-order valence-corrected chi connectivity index (χ3v) is 6.61. The Kier molecular flexibility index (Phi) is 7.71. The lowest BCUT2D eigenvalue weighted by Gasteiger charge is -2.36. The maximum Gasteiger partial charge on any atom is 0.251 e. The standard InChI is InChI=1S/C21H24F2N2O5S/c22-15-7-5-14(6-8-15)21(27)24-12-11-16-9-10-18(19(13-26)30-16)25-31(28,29)20-4-2-1-3-17(20)23/h1-8,16,18-19,25-26H,9-13H2,(H,24,27)/t16-,18+,19-/m1/s1. The molecule has 0 aromatic heterocycles. The van der Waals surface area contributed by atoms with Crippen molar-refractivity contribution < 1.29 is 31.8 Å². The van der Waals surface area contributed by atoms with Crippen LogP contribution in [0.3, 0.4) is 0 Å². The molecule has 0 spiro atoms. The topological polar surface area (TPSA) is 105 Å². The van der Waals surface area contributed by atoms with Crippen LogP contribution in [0.2, 0.25) is 0 Å². The van der Waals surface area contributed by atoms with E-state index >= 15 is 0 Å². The Labute approximate surface area is 179 Å². The molecular formula is C21H24F2N2O5S. The van der Waals surface area contributed by atoms with E-state index in [0.29, 0.717) is 31.4 Å². The normalized spacial score (nSPS) is 21.6. The summed E-state index contributed by atoms with van der Waals surface area (Å²) in [5, 5.41) is 12.4. The van der Waals surface area contributed by atoms with Gasteiger partial charge in [0.05, 0.1) is 24.9 Å². The number of halogens is 2. The van der Waals surface area contributed by atoms with E-state index in [0.717, 1.165) is 6.07 Å².